The number of rotatable bonds is 4. The van der Waals surface area contributed by atoms with Gasteiger partial charge in [-0.3, -0.25) is 0 Å². The molecule has 0 heterocycles. The van der Waals surface area contributed by atoms with Crippen molar-refractivity contribution in [3.8, 4) is 0 Å². The summed E-state index contributed by atoms with van der Waals surface area (Å²) in [5, 5.41) is 27.6. The van der Waals surface area contributed by atoms with Crippen LogP contribution >= 0.6 is 23.2 Å². The van der Waals surface area contributed by atoms with Crippen LogP contribution in [0.2, 0.25) is 5.02 Å². The molecule has 0 bridgehead atoms. The summed E-state index contributed by atoms with van der Waals surface area (Å²) in [6.07, 6.45) is -2.30. The maximum Gasteiger partial charge on any atom is 0.337 e. The zero-order valence-corrected chi connectivity index (χ0v) is 9.61. The molecule has 0 aromatic heterocycles. The van der Waals surface area contributed by atoms with Gasteiger partial charge in [0, 0.05) is 0 Å². The Bertz CT molecular complexity index is 394. The largest absolute Gasteiger partial charge is 0.478 e. The molecule has 1 aromatic rings. The predicted octanol–water partition coefficient (Wildman–Crippen LogP) is 1.67. The lowest BCUT2D eigenvalue weighted by atomic mass is 10.0. The molecular formula is C10H10Cl2O4. The summed E-state index contributed by atoms with van der Waals surface area (Å²) in [5.74, 6) is -1.27. The van der Waals surface area contributed by atoms with Gasteiger partial charge < -0.3 is 15.3 Å². The van der Waals surface area contributed by atoms with Gasteiger partial charge in [-0.25, -0.2) is 4.79 Å². The number of carboxylic acids is 1. The van der Waals surface area contributed by atoms with Crippen LogP contribution < -0.4 is 0 Å². The van der Waals surface area contributed by atoms with E-state index >= 15 is 0 Å². The minimum absolute atomic E-state index is 0.00539. The maximum atomic E-state index is 10.7. The molecule has 88 valence electrons. The minimum atomic E-state index is -1.18. The molecule has 0 aliphatic rings. The first kappa shape index (κ1) is 13.3. The fraction of sp³-hybridized carbons (Fsp3) is 0.300. The SMILES string of the molecule is O=C(O)c1ccc(C(O)C(O)CCl)cc1Cl. The van der Waals surface area contributed by atoms with Gasteiger partial charge >= 0.3 is 5.97 Å². The number of carbonyl (C=O) groups is 1. The zero-order valence-electron chi connectivity index (χ0n) is 8.10. The molecule has 0 aliphatic carbocycles. The first-order valence-corrected chi connectivity index (χ1v) is 5.33. The molecule has 2 atom stereocenters. The van der Waals surface area contributed by atoms with Crippen molar-refractivity contribution in [3.63, 3.8) is 0 Å². The topological polar surface area (TPSA) is 77.8 Å². The molecule has 4 nitrogen and oxygen atoms in total. The van der Waals surface area contributed by atoms with Crippen molar-refractivity contribution in [2.75, 3.05) is 5.88 Å². The number of hydrogen-bond donors (Lipinski definition) is 3. The van der Waals surface area contributed by atoms with E-state index < -0.39 is 18.2 Å². The van der Waals surface area contributed by atoms with Crippen LogP contribution in [0.1, 0.15) is 22.0 Å². The lowest BCUT2D eigenvalue weighted by Crippen LogP contribution is -2.19. The van der Waals surface area contributed by atoms with Gasteiger partial charge in [-0.15, -0.1) is 11.6 Å². The van der Waals surface area contributed by atoms with Crippen LogP contribution in [0.5, 0.6) is 0 Å². The molecule has 16 heavy (non-hydrogen) atoms. The number of benzene rings is 1. The van der Waals surface area contributed by atoms with E-state index in [2.05, 4.69) is 0 Å². The van der Waals surface area contributed by atoms with Crippen LogP contribution in [0.3, 0.4) is 0 Å². The van der Waals surface area contributed by atoms with Crippen molar-refractivity contribution < 1.29 is 20.1 Å². The highest BCUT2D eigenvalue weighted by atomic mass is 35.5. The van der Waals surface area contributed by atoms with Gasteiger partial charge in [-0.1, -0.05) is 17.7 Å². The van der Waals surface area contributed by atoms with Crippen molar-refractivity contribution in [1.29, 1.82) is 0 Å². The monoisotopic (exact) mass is 264 g/mol. The Morgan fingerprint density at radius 1 is 1.38 bits per heavy atom. The summed E-state index contributed by atoms with van der Waals surface area (Å²) in [5.41, 5.74) is 0.265. The van der Waals surface area contributed by atoms with Gasteiger partial charge in [0.05, 0.1) is 22.6 Å². The second-order valence-corrected chi connectivity index (χ2v) is 3.93. The van der Waals surface area contributed by atoms with Crippen LogP contribution in [0, 0.1) is 0 Å². The van der Waals surface area contributed by atoms with E-state index in [1.54, 1.807) is 0 Å². The molecule has 6 heteroatoms. The molecule has 0 amide bonds. The fourth-order valence-corrected chi connectivity index (χ4v) is 1.63. The summed E-state index contributed by atoms with van der Waals surface area (Å²) in [4.78, 5) is 10.7. The average Bonchev–Trinajstić information content (AvgIpc) is 2.26. The summed E-state index contributed by atoms with van der Waals surface area (Å²) in [7, 11) is 0. The Labute approximate surface area is 102 Å². The molecule has 1 aromatic carbocycles. The van der Waals surface area contributed by atoms with Gasteiger partial charge in [0.1, 0.15) is 6.10 Å². The second-order valence-electron chi connectivity index (χ2n) is 3.21. The molecule has 0 aliphatic heterocycles. The smallest absolute Gasteiger partial charge is 0.337 e. The predicted molar refractivity (Wildman–Crippen MR) is 60.1 cm³/mol. The third-order valence-electron chi connectivity index (χ3n) is 2.09. The molecular weight excluding hydrogens is 255 g/mol. The van der Waals surface area contributed by atoms with Crippen molar-refractivity contribution in [3.05, 3.63) is 34.3 Å². The lowest BCUT2D eigenvalue weighted by Gasteiger charge is -2.16. The summed E-state index contributed by atoms with van der Waals surface area (Å²) in [6.45, 7) is 0. The van der Waals surface area contributed by atoms with Gasteiger partial charge in [0.25, 0.3) is 0 Å². The first-order valence-electron chi connectivity index (χ1n) is 4.42. The Hall–Kier alpha value is -0.810. The Morgan fingerprint density at radius 3 is 2.44 bits per heavy atom. The number of aliphatic hydroxyl groups is 2. The Balaban J connectivity index is 3.01. The van der Waals surface area contributed by atoms with E-state index in [0.717, 1.165) is 0 Å². The maximum absolute atomic E-state index is 10.7. The Morgan fingerprint density at radius 2 is 2.00 bits per heavy atom. The minimum Gasteiger partial charge on any atom is -0.478 e. The summed E-state index contributed by atoms with van der Waals surface area (Å²) >= 11 is 11.1. The van der Waals surface area contributed by atoms with Crippen LogP contribution in [0.4, 0.5) is 0 Å². The van der Waals surface area contributed by atoms with E-state index in [-0.39, 0.29) is 16.5 Å². The van der Waals surface area contributed by atoms with Gasteiger partial charge in [-0.05, 0) is 17.7 Å². The third kappa shape index (κ3) is 2.86. The fourth-order valence-electron chi connectivity index (χ4n) is 1.20. The molecule has 2 unspecified atom stereocenters. The van der Waals surface area contributed by atoms with Crippen molar-refractivity contribution in [2.45, 2.75) is 12.2 Å². The zero-order chi connectivity index (χ0) is 12.3. The second kappa shape index (κ2) is 5.50. The quantitative estimate of drug-likeness (QED) is 0.723. The van der Waals surface area contributed by atoms with Crippen molar-refractivity contribution >= 4 is 29.2 Å². The number of carboxylic acid groups (broad SMARTS) is 1. The van der Waals surface area contributed by atoms with Gasteiger partial charge in [0.15, 0.2) is 0 Å². The van der Waals surface area contributed by atoms with Gasteiger partial charge in [-0.2, -0.15) is 0 Å². The van der Waals surface area contributed by atoms with Crippen LogP contribution in [0.25, 0.3) is 0 Å². The van der Waals surface area contributed by atoms with E-state index in [0.29, 0.717) is 5.56 Å². The normalized spacial score (nSPS) is 14.5. The number of halogens is 2. The number of hydrogen-bond acceptors (Lipinski definition) is 3. The third-order valence-corrected chi connectivity index (χ3v) is 2.72. The standard InChI is InChI=1S/C10H10Cl2O4/c11-4-8(13)9(14)5-1-2-6(10(15)16)7(12)3-5/h1-3,8-9,13-14H,4H2,(H,15,16). The highest BCUT2D eigenvalue weighted by Gasteiger charge is 2.19. The average molecular weight is 265 g/mol. The molecule has 0 fully saturated rings. The lowest BCUT2D eigenvalue weighted by molar-refractivity contribution is 0.0327. The number of aromatic carboxylic acids is 1. The molecule has 0 saturated heterocycles. The van der Waals surface area contributed by atoms with Gasteiger partial charge in [0.2, 0.25) is 0 Å². The summed E-state index contributed by atoms with van der Waals surface area (Å²) in [6, 6.07) is 3.95. The number of alkyl halides is 1. The first-order chi connectivity index (χ1) is 7.47. The number of aliphatic hydroxyl groups excluding tert-OH is 2. The van der Waals surface area contributed by atoms with E-state index in [4.69, 9.17) is 28.3 Å². The highest BCUT2D eigenvalue weighted by molar-refractivity contribution is 6.33. The van der Waals surface area contributed by atoms with E-state index in [1.807, 2.05) is 0 Å². The van der Waals surface area contributed by atoms with Crippen molar-refractivity contribution in [2.24, 2.45) is 0 Å². The van der Waals surface area contributed by atoms with Crippen LogP contribution in [-0.4, -0.2) is 33.3 Å². The molecule has 3 N–H and O–H groups in total. The van der Waals surface area contributed by atoms with Crippen molar-refractivity contribution in [1.82, 2.24) is 0 Å². The molecule has 0 saturated carbocycles. The molecule has 0 radical (unpaired) electrons. The van der Waals surface area contributed by atoms with Crippen LogP contribution in [-0.2, 0) is 0 Å². The van der Waals surface area contributed by atoms with Crippen LogP contribution in [0.15, 0.2) is 18.2 Å². The highest BCUT2D eigenvalue weighted by Crippen LogP contribution is 2.24. The van der Waals surface area contributed by atoms with E-state index in [1.165, 1.54) is 18.2 Å². The molecule has 0 spiro atoms. The molecule has 1 rings (SSSR count). The van der Waals surface area contributed by atoms with E-state index in [9.17, 15) is 15.0 Å². The summed E-state index contributed by atoms with van der Waals surface area (Å²) < 4.78 is 0. The Kier molecular flexibility index (Phi) is 4.56.